The lowest BCUT2D eigenvalue weighted by molar-refractivity contribution is -0.146. The van der Waals surface area contributed by atoms with Crippen LogP contribution in [0.25, 0.3) is 0 Å². The molecule has 6 nitrogen and oxygen atoms in total. The van der Waals surface area contributed by atoms with Crippen LogP contribution in [-0.2, 0) is 9.53 Å². The number of hydrogen-bond donors (Lipinski definition) is 2. The minimum atomic E-state index is -0.218. The first-order valence-corrected chi connectivity index (χ1v) is 10.1. The Morgan fingerprint density at radius 3 is 2.88 bits per heavy atom. The van der Waals surface area contributed by atoms with E-state index in [-0.39, 0.29) is 23.6 Å². The van der Waals surface area contributed by atoms with Crippen LogP contribution in [-0.4, -0.2) is 60.2 Å². The Morgan fingerprint density at radius 1 is 1.42 bits per heavy atom. The molecule has 1 saturated heterocycles. The maximum absolute atomic E-state index is 13.2. The van der Waals surface area contributed by atoms with Crippen LogP contribution in [0, 0.1) is 0 Å². The van der Waals surface area contributed by atoms with Crippen molar-refractivity contribution >= 4 is 23.7 Å². The summed E-state index contributed by atoms with van der Waals surface area (Å²) < 4.78 is 6.03. The summed E-state index contributed by atoms with van der Waals surface area (Å²) in [4.78, 5) is 26.9. The quantitative estimate of drug-likeness (QED) is 0.809. The average Bonchev–Trinajstić information content (AvgIpc) is 2.99. The third-order valence-electron chi connectivity index (χ3n) is 5.25. The average molecular weight is 353 g/mol. The van der Waals surface area contributed by atoms with Gasteiger partial charge in [-0.15, -0.1) is 0 Å². The van der Waals surface area contributed by atoms with Crippen LogP contribution in [0.1, 0.15) is 39.0 Å². The Kier molecular flexibility index (Phi) is 5.39. The summed E-state index contributed by atoms with van der Waals surface area (Å²) in [6.07, 6.45) is 7.24. The van der Waals surface area contributed by atoms with Crippen LogP contribution < -0.4 is 10.6 Å². The van der Waals surface area contributed by atoms with E-state index >= 15 is 0 Å². The molecule has 1 saturated carbocycles. The highest BCUT2D eigenvalue weighted by molar-refractivity contribution is 7.98. The van der Waals surface area contributed by atoms with Crippen LogP contribution in [0.2, 0.25) is 0 Å². The maximum atomic E-state index is 13.2. The fraction of sp³-hybridized carbons (Fsp3) is 0.765. The highest BCUT2D eigenvalue weighted by Crippen LogP contribution is 2.36. The van der Waals surface area contributed by atoms with E-state index in [1.165, 1.54) is 12.8 Å². The SMILES string of the molecule is CSCC[C@H]1NC(=O)NC(C)=C1C(=O)N1CCOC2(CCCC2)C1. The number of urea groups is 1. The van der Waals surface area contributed by atoms with E-state index < -0.39 is 0 Å². The first-order chi connectivity index (χ1) is 11.5. The zero-order chi connectivity index (χ0) is 17.2. The van der Waals surface area contributed by atoms with E-state index in [2.05, 4.69) is 10.6 Å². The van der Waals surface area contributed by atoms with Crippen molar-refractivity contribution < 1.29 is 14.3 Å². The van der Waals surface area contributed by atoms with Gasteiger partial charge in [0.05, 0.1) is 30.4 Å². The number of carbonyl (C=O) groups is 2. The molecule has 0 unspecified atom stereocenters. The van der Waals surface area contributed by atoms with E-state index in [0.29, 0.717) is 31.0 Å². The second-order valence-corrected chi connectivity index (χ2v) is 7.92. The molecule has 2 aliphatic heterocycles. The van der Waals surface area contributed by atoms with Gasteiger partial charge in [0.2, 0.25) is 0 Å². The molecular weight excluding hydrogens is 326 g/mol. The van der Waals surface area contributed by atoms with Gasteiger partial charge in [0.15, 0.2) is 0 Å². The molecule has 0 radical (unpaired) electrons. The van der Waals surface area contributed by atoms with Gasteiger partial charge in [-0.1, -0.05) is 12.8 Å². The van der Waals surface area contributed by atoms with E-state index in [1.54, 1.807) is 11.8 Å². The zero-order valence-corrected chi connectivity index (χ0v) is 15.3. The van der Waals surface area contributed by atoms with Gasteiger partial charge in [-0.2, -0.15) is 11.8 Å². The number of allylic oxidation sites excluding steroid dienone is 1. The molecule has 0 aromatic rings. The second-order valence-electron chi connectivity index (χ2n) is 6.94. The van der Waals surface area contributed by atoms with Crippen LogP contribution in [0.15, 0.2) is 11.3 Å². The van der Waals surface area contributed by atoms with E-state index in [4.69, 9.17) is 4.74 Å². The fourth-order valence-electron chi connectivity index (χ4n) is 4.04. The Bertz CT molecular complexity index is 543. The second kappa shape index (κ2) is 7.35. The third-order valence-corrected chi connectivity index (χ3v) is 5.89. The summed E-state index contributed by atoms with van der Waals surface area (Å²) in [6, 6.07) is -0.425. The highest BCUT2D eigenvalue weighted by atomic mass is 32.2. The number of thioether (sulfide) groups is 1. The van der Waals surface area contributed by atoms with Crippen LogP contribution in [0.3, 0.4) is 0 Å². The van der Waals surface area contributed by atoms with Crippen molar-refractivity contribution in [3.05, 3.63) is 11.3 Å². The standard InChI is InChI=1S/C17H27N3O3S/c1-12-14(13(5-10-24-2)19-16(22)18-12)15(21)20-8-9-23-17(11-20)6-3-4-7-17/h13H,3-11H2,1-2H3,(H2,18,19,22)/t13-/m1/s1. The van der Waals surface area contributed by atoms with Gasteiger partial charge in [0, 0.05) is 12.2 Å². The lowest BCUT2D eigenvalue weighted by Gasteiger charge is -2.42. The molecule has 0 aromatic carbocycles. The van der Waals surface area contributed by atoms with Crippen molar-refractivity contribution in [1.29, 1.82) is 0 Å². The largest absolute Gasteiger partial charge is 0.371 e. The van der Waals surface area contributed by atoms with E-state index in [1.807, 2.05) is 18.1 Å². The third kappa shape index (κ3) is 3.57. The number of morpholine rings is 1. The number of rotatable bonds is 4. The molecule has 1 atom stereocenters. The van der Waals surface area contributed by atoms with Gasteiger partial charge in [-0.3, -0.25) is 4.79 Å². The summed E-state index contributed by atoms with van der Waals surface area (Å²) in [5, 5.41) is 5.67. The summed E-state index contributed by atoms with van der Waals surface area (Å²) in [6.45, 7) is 3.73. The summed E-state index contributed by atoms with van der Waals surface area (Å²) in [7, 11) is 0. The molecule has 3 aliphatic rings. The van der Waals surface area contributed by atoms with Crippen molar-refractivity contribution in [3.8, 4) is 0 Å². The minimum absolute atomic E-state index is 0.0423. The molecule has 24 heavy (non-hydrogen) atoms. The molecule has 1 aliphatic carbocycles. The first kappa shape index (κ1) is 17.6. The van der Waals surface area contributed by atoms with Crippen LogP contribution >= 0.6 is 11.8 Å². The van der Waals surface area contributed by atoms with Gasteiger partial charge >= 0.3 is 6.03 Å². The molecule has 0 aromatic heterocycles. The molecule has 7 heteroatoms. The molecule has 1 spiro atoms. The van der Waals surface area contributed by atoms with E-state index in [0.717, 1.165) is 25.0 Å². The first-order valence-electron chi connectivity index (χ1n) is 8.75. The molecular formula is C17H27N3O3S. The Labute approximate surface area is 147 Å². The Morgan fingerprint density at radius 2 is 2.17 bits per heavy atom. The summed E-state index contributed by atoms with van der Waals surface area (Å²) in [5.74, 6) is 0.947. The summed E-state index contributed by atoms with van der Waals surface area (Å²) >= 11 is 1.72. The van der Waals surface area contributed by atoms with Crippen molar-refractivity contribution in [3.63, 3.8) is 0 Å². The summed E-state index contributed by atoms with van der Waals surface area (Å²) in [5.41, 5.74) is 1.25. The van der Waals surface area contributed by atoms with Gasteiger partial charge in [-0.05, 0) is 38.2 Å². The topological polar surface area (TPSA) is 70.7 Å². The van der Waals surface area contributed by atoms with Gasteiger partial charge in [0.25, 0.3) is 5.91 Å². The lowest BCUT2D eigenvalue weighted by Crippen LogP contribution is -2.56. The molecule has 134 valence electrons. The highest BCUT2D eigenvalue weighted by Gasteiger charge is 2.42. The fourth-order valence-corrected chi connectivity index (χ4v) is 4.51. The normalized spacial score (nSPS) is 26.5. The van der Waals surface area contributed by atoms with Crippen molar-refractivity contribution in [2.24, 2.45) is 0 Å². The number of carbonyl (C=O) groups excluding carboxylic acids is 2. The molecule has 2 fully saturated rings. The van der Waals surface area contributed by atoms with E-state index in [9.17, 15) is 9.59 Å². The Balaban J connectivity index is 1.78. The molecule has 3 rings (SSSR count). The predicted octanol–water partition coefficient (Wildman–Crippen LogP) is 1.87. The van der Waals surface area contributed by atoms with Crippen molar-refractivity contribution in [2.75, 3.05) is 31.7 Å². The maximum Gasteiger partial charge on any atom is 0.319 e. The monoisotopic (exact) mass is 353 g/mol. The van der Waals surface area contributed by atoms with Crippen molar-refractivity contribution in [2.45, 2.75) is 50.7 Å². The molecule has 2 heterocycles. The zero-order valence-electron chi connectivity index (χ0n) is 14.5. The molecule has 3 amide bonds. The minimum Gasteiger partial charge on any atom is -0.371 e. The Hall–Kier alpha value is -1.21. The van der Waals surface area contributed by atoms with Gasteiger partial charge in [0.1, 0.15) is 0 Å². The number of nitrogens with zero attached hydrogens (tertiary/aromatic N) is 1. The van der Waals surface area contributed by atoms with Crippen LogP contribution in [0.4, 0.5) is 4.79 Å². The number of ether oxygens (including phenoxy) is 1. The smallest absolute Gasteiger partial charge is 0.319 e. The number of hydrogen-bond acceptors (Lipinski definition) is 4. The van der Waals surface area contributed by atoms with Gasteiger partial charge < -0.3 is 20.3 Å². The molecule has 2 N–H and O–H groups in total. The lowest BCUT2D eigenvalue weighted by atomic mass is 9.96. The number of amides is 3. The number of nitrogens with one attached hydrogen (secondary N) is 2. The van der Waals surface area contributed by atoms with Gasteiger partial charge in [-0.25, -0.2) is 4.79 Å². The van der Waals surface area contributed by atoms with Crippen LogP contribution in [0.5, 0.6) is 0 Å². The predicted molar refractivity (Wildman–Crippen MR) is 94.9 cm³/mol. The van der Waals surface area contributed by atoms with Crippen molar-refractivity contribution in [1.82, 2.24) is 15.5 Å². The molecule has 0 bridgehead atoms.